The lowest BCUT2D eigenvalue weighted by Gasteiger charge is -2.40. The summed E-state index contributed by atoms with van der Waals surface area (Å²) in [5.41, 5.74) is -2.91. The molecule has 1 aliphatic carbocycles. The molecule has 2 N–H and O–H groups in total. The van der Waals surface area contributed by atoms with Crippen LogP contribution in [0.2, 0.25) is 10.0 Å². The van der Waals surface area contributed by atoms with Gasteiger partial charge in [0, 0.05) is 38.7 Å². The predicted octanol–water partition coefficient (Wildman–Crippen LogP) is 5.87. The minimum atomic E-state index is -2.88. The summed E-state index contributed by atoms with van der Waals surface area (Å²) in [7, 11) is 0. The van der Waals surface area contributed by atoms with E-state index in [9.17, 15) is 15.0 Å². The number of benzene rings is 3. The van der Waals surface area contributed by atoms with Crippen LogP contribution in [0.15, 0.2) is 66.7 Å². The van der Waals surface area contributed by atoms with Crippen molar-refractivity contribution in [2.45, 2.75) is 44.6 Å². The Morgan fingerprint density at radius 2 is 1.64 bits per heavy atom. The molecule has 0 saturated heterocycles. The zero-order chi connectivity index (χ0) is 29.3. The molecule has 0 unspecified atom stereocenters. The second kappa shape index (κ2) is 9.16. The zero-order valence-corrected chi connectivity index (χ0v) is 21.4. The maximum atomic E-state index is 14.2. The van der Waals surface area contributed by atoms with E-state index in [0.29, 0.717) is 32.3 Å². The van der Waals surface area contributed by atoms with E-state index in [1.54, 1.807) is 80.6 Å². The molecule has 0 bridgehead atoms. The van der Waals surface area contributed by atoms with Crippen molar-refractivity contribution < 1.29 is 25.2 Å². The Bertz CT molecular complexity index is 1450. The molecule has 0 aromatic heterocycles. The van der Waals surface area contributed by atoms with Gasteiger partial charge in [0.1, 0.15) is 0 Å². The second-order valence-electron chi connectivity index (χ2n) is 9.89. The van der Waals surface area contributed by atoms with Gasteiger partial charge in [0.2, 0.25) is 0 Å². The average Bonchev–Trinajstić information content (AvgIpc) is 3.67. The molecule has 1 saturated carbocycles. The lowest BCUT2D eigenvalue weighted by atomic mass is 9.89. The number of amides is 1. The quantitative estimate of drug-likeness (QED) is 0.383. The highest BCUT2D eigenvalue weighted by Gasteiger charge is 2.54. The van der Waals surface area contributed by atoms with Gasteiger partial charge in [-0.1, -0.05) is 59.6 Å². The molecular formula is C29H29Cl2NO4. The van der Waals surface area contributed by atoms with Gasteiger partial charge in [-0.2, -0.15) is 0 Å². The van der Waals surface area contributed by atoms with Crippen LogP contribution in [0.5, 0.6) is 0 Å². The highest BCUT2D eigenvalue weighted by molar-refractivity contribution is 6.30. The van der Waals surface area contributed by atoms with Crippen molar-refractivity contribution >= 4 is 29.1 Å². The largest absolute Gasteiger partial charge is 0.396 e. The van der Waals surface area contributed by atoms with Gasteiger partial charge in [-0.15, -0.1) is 0 Å². The Morgan fingerprint density at radius 3 is 2.19 bits per heavy atom. The molecule has 1 aliphatic heterocycles. The van der Waals surface area contributed by atoms with Crippen molar-refractivity contribution in [3.8, 4) is 0 Å². The van der Waals surface area contributed by atoms with Crippen LogP contribution in [0.4, 0.5) is 0 Å². The Morgan fingerprint density at radius 1 is 1.03 bits per heavy atom. The topological polar surface area (TPSA) is 70.0 Å². The monoisotopic (exact) mass is 529 g/mol. The number of carbonyl (C=O) groups excluding carboxylic acids is 1. The van der Waals surface area contributed by atoms with Crippen LogP contribution in [-0.2, 0) is 22.6 Å². The van der Waals surface area contributed by atoms with E-state index >= 15 is 0 Å². The summed E-state index contributed by atoms with van der Waals surface area (Å²) in [6, 6.07) is 18.2. The van der Waals surface area contributed by atoms with E-state index in [0.717, 1.165) is 0 Å². The number of carbonyl (C=O) groups is 1. The molecule has 1 heterocycles. The lowest BCUT2D eigenvalue weighted by molar-refractivity contribution is -0.128. The van der Waals surface area contributed by atoms with E-state index in [1.807, 2.05) is 0 Å². The minimum absolute atomic E-state index is 0.0136. The van der Waals surface area contributed by atoms with Crippen LogP contribution in [0.25, 0.3) is 0 Å². The van der Waals surface area contributed by atoms with Gasteiger partial charge in [0.05, 0.1) is 24.2 Å². The van der Waals surface area contributed by atoms with E-state index in [4.69, 9.17) is 33.4 Å². The Balaban J connectivity index is 1.77. The molecular weight excluding hydrogens is 497 g/mol. The zero-order valence-electron chi connectivity index (χ0n) is 23.9. The van der Waals surface area contributed by atoms with Crippen molar-refractivity contribution in [3.63, 3.8) is 0 Å². The van der Waals surface area contributed by atoms with Crippen LogP contribution >= 0.6 is 23.2 Å². The van der Waals surface area contributed by atoms with Gasteiger partial charge in [0.15, 0.2) is 5.72 Å². The van der Waals surface area contributed by atoms with Gasteiger partial charge in [0.25, 0.3) is 5.91 Å². The number of nitrogens with zero attached hydrogens (tertiary/aromatic N) is 1. The van der Waals surface area contributed by atoms with E-state index in [2.05, 4.69) is 0 Å². The van der Waals surface area contributed by atoms with Crippen molar-refractivity contribution in [2.75, 3.05) is 13.1 Å². The predicted molar refractivity (Wildman–Crippen MR) is 140 cm³/mol. The normalized spacial score (nSPS) is 22.9. The molecule has 0 spiro atoms. The first-order valence-corrected chi connectivity index (χ1v) is 12.4. The maximum absolute atomic E-state index is 14.2. The van der Waals surface area contributed by atoms with Crippen molar-refractivity contribution in [1.29, 1.82) is 0 Å². The molecule has 7 heteroatoms. The molecule has 3 aromatic carbocycles. The minimum Gasteiger partial charge on any atom is -0.396 e. The number of hydrogen-bond donors (Lipinski definition) is 2. The molecule has 5 nitrogen and oxygen atoms in total. The summed E-state index contributed by atoms with van der Waals surface area (Å²) < 4.78 is 40.4. The molecule has 36 heavy (non-hydrogen) atoms. The third-order valence-electron chi connectivity index (χ3n) is 6.79. The first-order chi connectivity index (χ1) is 18.5. The lowest BCUT2D eigenvalue weighted by Crippen LogP contribution is -2.47. The number of ether oxygens (including phenoxy) is 1. The Labute approximate surface area is 226 Å². The maximum Gasteiger partial charge on any atom is 0.257 e. The fourth-order valence-corrected chi connectivity index (χ4v) is 4.73. The molecule has 5 rings (SSSR count). The number of rotatable bonds is 8. The van der Waals surface area contributed by atoms with Gasteiger partial charge in [-0.3, -0.25) is 9.69 Å². The summed E-state index contributed by atoms with van der Waals surface area (Å²) >= 11 is 12.3. The van der Waals surface area contributed by atoms with Gasteiger partial charge in [-0.05, 0) is 68.1 Å². The standard InChI is InChI=1S/C29H29Cl2NO4/c1-27(2,35)21-7-12-25-24(15-21)26(34)32(16-19-3-8-22(30)9-4-19)29(25,20-5-10-23(31)11-6-20)36-18-28(17-33)13-14-28/h3-12,15,33,35H,13-14,16-18H2,1-2H3/t29-/m1/s1/i17D2,18D2. The van der Waals surface area contributed by atoms with Crippen LogP contribution in [-0.4, -0.2) is 34.1 Å². The molecule has 2 aliphatic rings. The van der Waals surface area contributed by atoms with Gasteiger partial charge >= 0.3 is 0 Å². The summed E-state index contributed by atoms with van der Waals surface area (Å²) in [5.74, 6) is -0.473. The number of fused-ring (bicyclic) bond motifs is 1. The molecule has 1 atom stereocenters. The molecule has 0 radical (unpaired) electrons. The molecule has 188 valence electrons. The molecule has 3 aromatic rings. The Kier molecular flexibility index (Phi) is 5.25. The first-order valence-electron chi connectivity index (χ1n) is 13.6. The third-order valence-corrected chi connectivity index (χ3v) is 7.30. The van der Waals surface area contributed by atoms with Crippen molar-refractivity contribution in [2.24, 2.45) is 5.41 Å². The average molecular weight is 530 g/mol. The van der Waals surface area contributed by atoms with Crippen LogP contribution in [0, 0.1) is 5.41 Å². The van der Waals surface area contributed by atoms with Crippen molar-refractivity contribution in [3.05, 3.63) is 105 Å². The Hall–Kier alpha value is -2.41. The summed E-state index contributed by atoms with van der Waals surface area (Å²) in [5, 5.41) is 22.0. The van der Waals surface area contributed by atoms with Gasteiger partial charge < -0.3 is 14.9 Å². The van der Waals surface area contributed by atoms with E-state index in [-0.39, 0.29) is 24.9 Å². The number of halogens is 2. The van der Waals surface area contributed by atoms with Gasteiger partial charge in [-0.25, -0.2) is 0 Å². The highest BCUT2D eigenvalue weighted by Crippen LogP contribution is 2.51. The molecule has 1 amide bonds. The first kappa shape index (κ1) is 20.6. The summed E-state index contributed by atoms with van der Waals surface area (Å²) in [6.45, 7) is -2.42. The number of aliphatic hydroxyl groups is 2. The fraction of sp³-hybridized carbons (Fsp3) is 0.345. The van der Waals surface area contributed by atoms with E-state index in [1.165, 1.54) is 4.90 Å². The smallest absolute Gasteiger partial charge is 0.257 e. The molecule has 1 fully saturated rings. The summed E-state index contributed by atoms with van der Waals surface area (Å²) in [4.78, 5) is 15.6. The second-order valence-corrected chi connectivity index (χ2v) is 10.8. The SMILES string of the molecule is [2H]C([2H])(O)C1(C([2H])([2H])O[C@]2(c3ccc(Cl)cc3)c3ccc(C(C)(C)O)cc3C(=O)N2Cc2ccc(Cl)cc2)CC1. The highest BCUT2D eigenvalue weighted by atomic mass is 35.5. The third kappa shape index (κ3) is 4.44. The van der Waals surface area contributed by atoms with E-state index < -0.39 is 35.8 Å². The van der Waals surface area contributed by atoms with Crippen LogP contribution in [0.3, 0.4) is 0 Å². The fourth-order valence-electron chi connectivity index (χ4n) is 4.48. The summed E-state index contributed by atoms with van der Waals surface area (Å²) in [6.07, 6.45) is 0.103. The number of hydrogen-bond acceptors (Lipinski definition) is 4. The van der Waals surface area contributed by atoms with Crippen molar-refractivity contribution in [1.82, 2.24) is 4.90 Å². The van der Waals surface area contributed by atoms with Crippen LogP contribution in [0.1, 0.15) is 64.8 Å². The van der Waals surface area contributed by atoms with Crippen LogP contribution < -0.4 is 0 Å².